The van der Waals surface area contributed by atoms with Gasteiger partial charge in [0.25, 0.3) is 5.56 Å². The first-order valence-electron chi connectivity index (χ1n) is 10.0. The predicted molar refractivity (Wildman–Crippen MR) is 103 cm³/mol. The Kier molecular flexibility index (Phi) is 4.77. The highest BCUT2D eigenvalue weighted by Gasteiger charge is 2.29. The molecule has 1 unspecified atom stereocenters. The van der Waals surface area contributed by atoms with Gasteiger partial charge in [0, 0.05) is 30.2 Å². The second-order valence-electron chi connectivity index (χ2n) is 7.88. The minimum atomic E-state index is 0.0231. The van der Waals surface area contributed by atoms with Gasteiger partial charge >= 0.3 is 0 Å². The van der Waals surface area contributed by atoms with E-state index in [1.165, 1.54) is 19.3 Å². The lowest BCUT2D eigenvalue weighted by atomic mass is 9.85. The van der Waals surface area contributed by atoms with Crippen molar-refractivity contribution in [1.82, 2.24) is 24.8 Å². The third-order valence-electron chi connectivity index (χ3n) is 6.07. The van der Waals surface area contributed by atoms with Crippen LogP contribution in [0, 0.1) is 0 Å². The van der Waals surface area contributed by atoms with E-state index < -0.39 is 0 Å². The van der Waals surface area contributed by atoms with Crippen LogP contribution in [-0.2, 0) is 25.3 Å². The second-order valence-corrected chi connectivity index (χ2v) is 8.99. The molecule has 1 atom stereocenters. The third-order valence-corrected chi connectivity index (χ3v) is 7.08. The van der Waals surface area contributed by atoms with Crippen LogP contribution in [0.2, 0.25) is 0 Å². The zero-order valence-corrected chi connectivity index (χ0v) is 16.3. The largest absolute Gasteiger partial charge is 0.339 e. The number of hydrogen-bond acceptors (Lipinski definition) is 7. The van der Waals surface area contributed by atoms with Gasteiger partial charge in [-0.3, -0.25) is 9.69 Å². The van der Waals surface area contributed by atoms with Gasteiger partial charge in [0.1, 0.15) is 0 Å². The Morgan fingerprint density at radius 3 is 3.04 bits per heavy atom. The fourth-order valence-corrected chi connectivity index (χ4v) is 5.18. The number of nitrogens with zero attached hydrogens (tertiary/aromatic N) is 5. The van der Waals surface area contributed by atoms with Crippen LogP contribution >= 0.6 is 11.8 Å². The van der Waals surface area contributed by atoms with E-state index in [4.69, 9.17) is 4.52 Å². The number of fused-ring (bicyclic) bond motifs is 1. The highest BCUT2D eigenvalue weighted by Crippen LogP contribution is 2.35. The van der Waals surface area contributed by atoms with Crippen LogP contribution in [0.5, 0.6) is 0 Å². The highest BCUT2D eigenvalue weighted by atomic mass is 32.2. The van der Waals surface area contributed by atoms with E-state index >= 15 is 0 Å². The molecule has 4 heterocycles. The Bertz CT molecular complexity index is 875. The zero-order chi connectivity index (χ0) is 18.2. The summed E-state index contributed by atoms with van der Waals surface area (Å²) in [5.41, 5.74) is 2.24. The van der Waals surface area contributed by atoms with Crippen molar-refractivity contribution in [3.05, 3.63) is 39.4 Å². The first kappa shape index (κ1) is 17.4. The fourth-order valence-electron chi connectivity index (χ4n) is 4.23. The summed E-state index contributed by atoms with van der Waals surface area (Å²) in [4.78, 5) is 19.5. The number of thioether (sulfide) groups is 1. The van der Waals surface area contributed by atoms with E-state index in [2.05, 4.69) is 20.1 Å². The zero-order valence-electron chi connectivity index (χ0n) is 15.5. The molecule has 2 aromatic rings. The molecule has 8 heteroatoms. The number of rotatable bonds is 5. The van der Waals surface area contributed by atoms with Crippen molar-refractivity contribution >= 4 is 11.8 Å². The molecular formula is C19H25N5O2S. The molecule has 0 bridgehead atoms. The monoisotopic (exact) mass is 387 g/mol. The molecule has 3 aliphatic rings. The Hall–Kier alpha value is -1.67. The maximum atomic E-state index is 12.5. The minimum Gasteiger partial charge on any atom is -0.339 e. The van der Waals surface area contributed by atoms with E-state index in [9.17, 15) is 4.79 Å². The van der Waals surface area contributed by atoms with Crippen LogP contribution in [0.25, 0.3) is 0 Å². The summed E-state index contributed by atoms with van der Waals surface area (Å²) in [7, 11) is 0. The van der Waals surface area contributed by atoms with Crippen LogP contribution in [0.3, 0.4) is 0 Å². The molecule has 5 rings (SSSR count). The summed E-state index contributed by atoms with van der Waals surface area (Å²) in [5, 5.41) is 8.86. The SMILES string of the molecule is O=c1cc2c(nn1CC1CCCN1Cc1noc(C3CCC3)n1)CCSC2. The Morgan fingerprint density at radius 2 is 2.19 bits per heavy atom. The summed E-state index contributed by atoms with van der Waals surface area (Å²) < 4.78 is 7.13. The molecule has 2 aromatic heterocycles. The van der Waals surface area contributed by atoms with Crippen molar-refractivity contribution in [3.63, 3.8) is 0 Å². The molecule has 0 N–H and O–H groups in total. The molecule has 1 aliphatic carbocycles. The summed E-state index contributed by atoms with van der Waals surface area (Å²) in [6.07, 6.45) is 6.76. The summed E-state index contributed by atoms with van der Waals surface area (Å²) in [6, 6.07) is 2.09. The van der Waals surface area contributed by atoms with E-state index in [0.717, 1.165) is 60.3 Å². The number of hydrogen-bond donors (Lipinski definition) is 0. The molecular weight excluding hydrogens is 362 g/mol. The van der Waals surface area contributed by atoms with Crippen molar-refractivity contribution in [2.75, 3.05) is 12.3 Å². The van der Waals surface area contributed by atoms with E-state index in [0.29, 0.717) is 25.0 Å². The van der Waals surface area contributed by atoms with Gasteiger partial charge in [0.15, 0.2) is 5.82 Å². The van der Waals surface area contributed by atoms with E-state index in [-0.39, 0.29) is 5.56 Å². The van der Waals surface area contributed by atoms with E-state index in [1.54, 1.807) is 10.7 Å². The maximum absolute atomic E-state index is 12.5. The first-order valence-corrected chi connectivity index (χ1v) is 11.2. The van der Waals surface area contributed by atoms with Crippen LogP contribution in [-0.4, -0.2) is 43.2 Å². The maximum Gasteiger partial charge on any atom is 0.267 e. The third kappa shape index (κ3) is 3.57. The minimum absolute atomic E-state index is 0.0231. The quantitative estimate of drug-likeness (QED) is 0.779. The second kappa shape index (κ2) is 7.39. The summed E-state index contributed by atoms with van der Waals surface area (Å²) >= 11 is 1.88. The van der Waals surface area contributed by atoms with Gasteiger partial charge in [-0.05, 0) is 43.5 Å². The lowest BCUT2D eigenvalue weighted by molar-refractivity contribution is 0.208. The molecule has 0 spiro atoms. The van der Waals surface area contributed by atoms with Crippen molar-refractivity contribution in [2.45, 2.75) is 69.3 Å². The van der Waals surface area contributed by atoms with E-state index in [1.807, 2.05) is 11.8 Å². The van der Waals surface area contributed by atoms with Crippen LogP contribution < -0.4 is 5.56 Å². The smallest absolute Gasteiger partial charge is 0.267 e. The first-order chi connectivity index (χ1) is 13.3. The average molecular weight is 388 g/mol. The van der Waals surface area contributed by atoms with Gasteiger partial charge in [-0.2, -0.15) is 21.8 Å². The number of aryl methyl sites for hydroxylation is 1. The van der Waals surface area contributed by atoms with Gasteiger partial charge in [0.2, 0.25) is 5.89 Å². The molecule has 0 aromatic carbocycles. The van der Waals surface area contributed by atoms with Gasteiger partial charge in [-0.15, -0.1) is 0 Å². The lowest BCUT2D eigenvalue weighted by Gasteiger charge is -2.24. The standard InChI is InChI=1S/C19H25N5O2S/c25-18-9-14-12-27-8-6-16(14)21-24(18)10-15-5-2-7-23(15)11-17-20-19(26-22-17)13-3-1-4-13/h9,13,15H,1-8,10-12H2. The molecule has 1 saturated carbocycles. The average Bonchev–Trinajstić information content (AvgIpc) is 3.25. The molecule has 1 saturated heterocycles. The van der Waals surface area contributed by atoms with Crippen molar-refractivity contribution in [1.29, 1.82) is 0 Å². The number of aromatic nitrogens is 4. The molecule has 2 aliphatic heterocycles. The fraction of sp³-hybridized carbons (Fsp3) is 0.684. The van der Waals surface area contributed by atoms with Gasteiger partial charge < -0.3 is 4.52 Å². The summed E-state index contributed by atoms with van der Waals surface area (Å²) in [5.74, 6) is 4.05. The Labute approximate surface area is 162 Å². The van der Waals surface area contributed by atoms with Crippen molar-refractivity contribution < 1.29 is 4.52 Å². The molecule has 2 fully saturated rings. The van der Waals surface area contributed by atoms with Crippen LogP contribution in [0.4, 0.5) is 0 Å². The van der Waals surface area contributed by atoms with Crippen LogP contribution in [0.15, 0.2) is 15.4 Å². The van der Waals surface area contributed by atoms with Gasteiger partial charge in [0.05, 0.1) is 18.8 Å². The van der Waals surface area contributed by atoms with Gasteiger partial charge in [-0.25, -0.2) is 4.68 Å². The molecule has 0 amide bonds. The predicted octanol–water partition coefficient (Wildman–Crippen LogP) is 2.35. The number of likely N-dealkylation sites (tertiary alicyclic amines) is 1. The Balaban J connectivity index is 1.28. The molecule has 7 nitrogen and oxygen atoms in total. The highest BCUT2D eigenvalue weighted by molar-refractivity contribution is 7.98. The topological polar surface area (TPSA) is 77.0 Å². The normalized spacial score (nSPS) is 23.3. The molecule has 27 heavy (non-hydrogen) atoms. The Morgan fingerprint density at radius 1 is 1.26 bits per heavy atom. The van der Waals surface area contributed by atoms with Gasteiger partial charge in [-0.1, -0.05) is 11.6 Å². The molecule has 0 radical (unpaired) electrons. The molecule has 144 valence electrons. The lowest BCUT2D eigenvalue weighted by Crippen LogP contribution is -2.37. The van der Waals surface area contributed by atoms with Crippen molar-refractivity contribution in [3.8, 4) is 0 Å². The summed E-state index contributed by atoms with van der Waals surface area (Å²) in [6.45, 7) is 2.35. The van der Waals surface area contributed by atoms with Crippen molar-refractivity contribution in [2.24, 2.45) is 0 Å². The van der Waals surface area contributed by atoms with Crippen LogP contribution in [0.1, 0.15) is 61.0 Å².